The third-order valence-electron chi connectivity index (χ3n) is 2.77. The molecule has 0 aromatic heterocycles. The molecule has 0 aliphatic heterocycles. The number of hydrogen-bond acceptors (Lipinski definition) is 1. The Morgan fingerprint density at radius 1 is 1.06 bits per heavy atom. The molecule has 1 aromatic carbocycles. The molecule has 0 aliphatic carbocycles. The number of ketones is 1. The van der Waals surface area contributed by atoms with Gasteiger partial charge in [0.1, 0.15) is 11.6 Å². The zero-order chi connectivity index (χ0) is 12.3. The molecule has 0 saturated carbocycles. The van der Waals surface area contributed by atoms with Crippen molar-refractivity contribution in [3.63, 3.8) is 0 Å². The molecule has 16 heavy (non-hydrogen) atoms. The second-order valence-corrected chi connectivity index (χ2v) is 4.83. The van der Waals surface area contributed by atoms with Gasteiger partial charge in [0, 0.05) is 11.8 Å². The van der Waals surface area contributed by atoms with Crippen molar-refractivity contribution in [3.8, 4) is 0 Å². The summed E-state index contributed by atoms with van der Waals surface area (Å²) in [5.41, 5.74) is 0.912. The molecule has 1 atom stereocenters. The largest absolute Gasteiger partial charge is 0.299 e. The van der Waals surface area contributed by atoms with Gasteiger partial charge >= 0.3 is 0 Å². The van der Waals surface area contributed by atoms with Gasteiger partial charge in [-0.15, -0.1) is 0 Å². The van der Waals surface area contributed by atoms with Crippen LogP contribution < -0.4 is 0 Å². The van der Waals surface area contributed by atoms with E-state index in [1.807, 2.05) is 27.7 Å². The van der Waals surface area contributed by atoms with Crippen molar-refractivity contribution in [2.75, 3.05) is 0 Å². The van der Waals surface area contributed by atoms with Gasteiger partial charge in [-0.25, -0.2) is 4.39 Å². The minimum atomic E-state index is -0.261. The summed E-state index contributed by atoms with van der Waals surface area (Å²) < 4.78 is 12.8. The molecule has 0 fully saturated rings. The highest BCUT2D eigenvalue weighted by molar-refractivity contribution is 5.87. The van der Waals surface area contributed by atoms with E-state index in [-0.39, 0.29) is 29.4 Å². The van der Waals surface area contributed by atoms with Crippen LogP contribution in [0, 0.1) is 17.7 Å². The van der Waals surface area contributed by atoms with Crippen LogP contribution >= 0.6 is 0 Å². The van der Waals surface area contributed by atoms with E-state index in [4.69, 9.17) is 0 Å². The van der Waals surface area contributed by atoms with Crippen LogP contribution in [0.15, 0.2) is 24.3 Å². The first-order valence-electron chi connectivity index (χ1n) is 5.72. The maximum atomic E-state index is 12.8. The highest BCUT2D eigenvalue weighted by Crippen LogP contribution is 2.28. The Labute approximate surface area is 96.7 Å². The molecule has 1 unspecified atom stereocenters. The highest BCUT2D eigenvalue weighted by Gasteiger charge is 2.25. The third kappa shape index (κ3) is 2.91. The van der Waals surface area contributed by atoms with Crippen LogP contribution in [0.3, 0.4) is 0 Å². The first-order chi connectivity index (χ1) is 7.43. The number of benzene rings is 1. The first-order valence-corrected chi connectivity index (χ1v) is 5.72. The van der Waals surface area contributed by atoms with Crippen molar-refractivity contribution in [1.29, 1.82) is 0 Å². The zero-order valence-electron chi connectivity index (χ0n) is 10.3. The van der Waals surface area contributed by atoms with E-state index < -0.39 is 0 Å². The number of rotatable bonds is 4. The molecule has 0 amide bonds. The van der Waals surface area contributed by atoms with Crippen LogP contribution in [-0.2, 0) is 4.79 Å². The molecule has 2 heteroatoms. The molecule has 0 heterocycles. The average molecular weight is 222 g/mol. The lowest BCUT2D eigenvalue weighted by molar-refractivity contribution is -0.124. The van der Waals surface area contributed by atoms with Gasteiger partial charge in [0.25, 0.3) is 0 Å². The van der Waals surface area contributed by atoms with Crippen LogP contribution in [0.25, 0.3) is 0 Å². The Morgan fingerprint density at radius 3 is 1.94 bits per heavy atom. The van der Waals surface area contributed by atoms with E-state index in [0.29, 0.717) is 0 Å². The minimum Gasteiger partial charge on any atom is -0.299 e. The predicted octanol–water partition coefficient (Wildman–Crippen LogP) is 3.79. The number of halogens is 1. The van der Waals surface area contributed by atoms with Crippen LogP contribution in [0.2, 0.25) is 0 Å². The molecule has 0 bridgehead atoms. The summed E-state index contributed by atoms with van der Waals surface area (Å²) in [5.74, 6) is 0.0864. The monoisotopic (exact) mass is 222 g/mol. The van der Waals surface area contributed by atoms with Crippen molar-refractivity contribution < 1.29 is 9.18 Å². The lowest BCUT2D eigenvalue weighted by atomic mass is 9.81. The molecular formula is C14H19FO. The molecule has 0 saturated heterocycles. The highest BCUT2D eigenvalue weighted by atomic mass is 19.1. The second kappa shape index (κ2) is 5.24. The second-order valence-electron chi connectivity index (χ2n) is 4.83. The van der Waals surface area contributed by atoms with Gasteiger partial charge in [0.2, 0.25) is 0 Å². The molecule has 1 aromatic rings. The van der Waals surface area contributed by atoms with Crippen LogP contribution in [-0.4, -0.2) is 5.78 Å². The fourth-order valence-corrected chi connectivity index (χ4v) is 1.91. The molecule has 0 aliphatic rings. The molecule has 1 rings (SSSR count). The normalized spacial score (nSPS) is 13.2. The van der Waals surface area contributed by atoms with Gasteiger partial charge in [0.15, 0.2) is 0 Å². The summed E-state index contributed by atoms with van der Waals surface area (Å²) in [6.07, 6.45) is 0. The maximum absolute atomic E-state index is 12.8. The summed E-state index contributed by atoms with van der Waals surface area (Å²) in [6.45, 7) is 7.85. The molecule has 0 N–H and O–H groups in total. The van der Waals surface area contributed by atoms with Gasteiger partial charge in [-0.1, -0.05) is 39.8 Å². The predicted molar refractivity (Wildman–Crippen MR) is 63.8 cm³/mol. The molecule has 0 radical (unpaired) electrons. The van der Waals surface area contributed by atoms with E-state index in [0.717, 1.165) is 5.56 Å². The summed E-state index contributed by atoms with van der Waals surface area (Å²) in [5, 5.41) is 0. The van der Waals surface area contributed by atoms with Gasteiger partial charge < -0.3 is 0 Å². The zero-order valence-corrected chi connectivity index (χ0v) is 10.3. The molecule has 88 valence electrons. The smallest absolute Gasteiger partial charge is 0.143 e. The lowest BCUT2D eigenvalue weighted by Crippen LogP contribution is -2.22. The lowest BCUT2D eigenvalue weighted by Gasteiger charge is -2.22. The fraction of sp³-hybridized carbons (Fsp3) is 0.500. The number of carbonyl (C=O) groups is 1. The summed E-state index contributed by atoms with van der Waals surface area (Å²) in [4.78, 5) is 12.1. The quantitative estimate of drug-likeness (QED) is 0.757. The van der Waals surface area contributed by atoms with Crippen molar-refractivity contribution >= 4 is 5.78 Å². The number of hydrogen-bond donors (Lipinski definition) is 0. The Kier molecular flexibility index (Phi) is 4.22. The standard InChI is InChI=1S/C14H19FO/c1-9(2)13(14(16)10(3)4)11-5-7-12(15)8-6-11/h5-10,13H,1-4H3. The van der Waals surface area contributed by atoms with E-state index in [1.54, 1.807) is 12.1 Å². The Balaban J connectivity index is 3.03. The fourth-order valence-electron chi connectivity index (χ4n) is 1.91. The van der Waals surface area contributed by atoms with E-state index in [1.165, 1.54) is 12.1 Å². The van der Waals surface area contributed by atoms with Gasteiger partial charge in [-0.2, -0.15) is 0 Å². The van der Waals surface area contributed by atoms with Gasteiger partial charge in [0.05, 0.1) is 0 Å². The molecular weight excluding hydrogens is 203 g/mol. The SMILES string of the molecule is CC(C)C(=O)C(c1ccc(F)cc1)C(C)C. The van der Waals surface area contributed by atoms with E-state index in [2.05, 4.69) is 0 Å². The topological polar surface area (TPSA) is 17.1 Å². The third-order valence-corrected chi connectivity index (χ3v) is 2.77. The Bertz CT molecular complexity index is 352. The number of carbonyl (C=O) groups excluding carboxylic acids is 1. The van der Waals surface area contributed by atoms with Crippen molar-refractivity contribution in [2.45, 2.75) is 33.6 Å². The maximum Gasteiger partial charge on any atom is 0.143 e. The average Bonchev–Trinajstić information content (AvgIpc) is 2.20. The minimum absolute atomic E-state index is 0.0115. The number of Topliss-reactive ketones (excluding diaryl/α,β-unsaturated/α-hetero) is 1. The van der Waals surface area contributed by atoms with Crippen LogP contribution in [0.1, 0.15) is 39.2 Å². The Hall–Kier alpha value is -1.18. The molecule has 0 spiro atoms. The molecule has 1 nitrogen and oxygen atoms in total. The summed E-state index contributed by atoms with van der Waals surface area (Å²) in [7, 11) is 0. The van der Waals surface area contributed by atoms with E-state index >= 15 is 0 Å². The van der Waals surface area contributed by atoms with Crippen LogP contribution in [0.4, 0.5) is 4.39 Å². The summed E-state index contributed by atoms with van der Waals surface area (Å²) >= 11 is 0. The van der Waals surface area contributed by atoms with Crippen molar-refractivity contribution in [2.24, 2.45) is 11.8 Å². The van der Waals surface area contributed by atoms with Crippen LogP contribution in [0.5, 0.6) is 0 Å². The van der Waals surface area contributed by atoms with Crippen molar-refractivity contribution in [3.05, 3.63) is 35.6 Å². The van der Waals surface area contributed by atoms with Crippen molar-refractivity contribution in [1.82, 2.24) is 0 Å². The summed E-state index contributed by atoms with van der Waals surface area (Å²) in [6, 6.07) is 6.25. The van der Waals surface area contributed by atoms with Gasteiger partial charge in [-0.05, 0) is 23.6 Å². The van der Waals surface area contributed by atoms with E-state index in [9.17, 15) is 9.18 Å². The Morgan fingerprint density at radius 2 is 1.56 bits per heavy atom. The first kappa shape index (κ1) is 12.9. The van der Waals surface area contributed by atoms with Gasteiger partial charge in [-0.3, -0.25) is 4.79 Å².